The summed E-state index contributed by atoms with van der Waals surface area (Å²) in [5.74, 6) is -1.18. The number of halogens is 1. The summed E-state index contributed by atoms with van der Waals surface area (Å²) in [6.07, 6.45) is 2.91. The highest BCUT2D eigenvalue weighted by Crippen LogP contribution is 2.25. The van der Waals surface area contributed by atoms with E-state index < -0.39 is 5.97 Å². The molecule has 0 amide bonds. The van der Waals surface area contributed by atoms with Crippen LogP contribution < -0.4 is 5.32 Å². The predicted molar refractivity (Wildman–Crippen MR) is 67.0 cm³/mol. The summed E-state index contributed by atoms with van der Waals surface area (Å²) >= 11 is 0. The van der Waals surface area contributed by atoms with Crippen molar-refractivity contribution < 1.29 is 15.0 Å². The smallest absolute Gasteiger partial charge is 0.339 e. The van der Waals surface area contributed by atoms with E-state index in [9.17, 15) is 9.90 Å². The van der Waals surface area contributed by atoms with E-state index in [0.29, 0.717) is 18.0 Å². The van der Waals surface area contributed by atoms with Gasteiger partial charge in [-0.15, -0.1) is 12.4 Å². The van der Waals surface area contributed by atoms with Crippen molar-refractivity contribution in [2.75, 3.05) is 6.54 Å². The number of phenols is 1. The first-order valence-corrected chi connectivity index (χ1v) is 5.46. The second-order valence-electron chi connectivity index (χ2n) is 4.12. The quantitative estimate of drug-likeness (QED) is 0.772. The van der Waals surface area contributed by atoms with Crippen molar-refractivity contribution in [2.24, 2.45) is 0 Å². The molecule has 0 aliphatic carbocycles. The zero-order valence-electron chi connectivity index (χ0n) is 9.35. The fourth-order valence-corrected chi connectivity index (χ4v) is 2.13. The Bertz CT molecular complexity index is 403. The van der Waals surface area contributed by atoms with Crippen LogP contribution in [0.25, 0.3) is 0 Å². The first-order valence-electron chi connectivity index (χ1n) is 5.46. The zero-order chi connectivity index (χ0) is 11.5. The first-order chi connectivity index (χ1) is 7.68. The van der Waals surface area contributed by atoms with Gasteiger partial charge < -0.3 is 15.5 Å². The van der Waals surface area contributed by atoms with Gasteiger partial charge in [0.1, 0.15) is 11.3 Å². The maximum Gasteiger partial charge on any atom is 0.339 e. The van der Waals surface area contributed by atoms with E-state index in [1.165, 1.54) is 6.07 Å². The van der Waals surface area contributed by atoms with Crippen LogP contribution in [0.5, 0.6) is 5.75 Å². The van der Waals surface area contributed by atoms with E-state index in [0.717, 1.165) is 19.4 Å². The number of hydrogen-bond acceptors (Lipinski definition) is 3. The van der Waals surface area contributed by atoms with Gasteiger partial charge in [-0.05, 0) is 37.4 Å². The van der Waals surface area contributed by atoms with E-state index in [-0.39, 0.29) is 23.7 Å². The summed E-state index contributed by atoms with van der Waals surface area (Å²) in [5, 5.41) is 22.0. The number of aromatic hydroxyl groups is 1. The van der Waals surface area contributed by atoms with Crippen LogP contribution in [0.3, 0.4) is 0 Å². The van der Waals surface area contributed by atoms with Crippen LogP contribution in [0, 0.1) is 0 Å². The van der Waals surface area contributed by atoms with Crippen LogP contribution in [0.15, 0.2) is 18.2 Å². The van der Waals surface area contributed by atoms with Crippen LogP contribution in [0.4, 0.5) is 0 Å². The molecular formula is C12H16ClNO3. The number of carbonyl (C=O) groups is 1. The number of benzene rings is 1. The molecule has 1 fully saturated rings. The second-order valence-corrected chi connectivity index (χ2v) is 4.12. The average Bonchev–Trinajstić information content (AvgIpc) is 2.73. The normalized spacial score (nSPS) is 18.7. The lowest BCUT2D eigenvalue weighted by molar-refractivity contribution is 0.0693. The van der Waals surface area contributed by atoms with Gasteiger partial charge in [-0.1, -0.05) is 12.1 Å². The van der Waals surface area contributed by atoms with E-state index in [1.807, 2.05) is 0 Å². The van der Waals surface area contributed by atoms with Crippen molar-refractivity contribution in [3.8, 4) is 5.75 Å². The molecule has 1 atom stereocenters. The Morgan fingerprint density at radius 2 is 2.24 bits per heavy atom. The van der Waals surface area contributed by atoms with Crippen LogP contribution in [-0.2, 0) is 6.42 Å². The van der Waals surface area contributed by atoms with Crippen molar-refractivity contribution >= 4 is 18.4 Å². The van der Waals surface area contributed by atoms with Gasteiger partial charge in [0.25, 0.3) is 0 Å². The van der Waals surface area contributed by atoms with Crippen molar-refractivity contribution in [1.82, 2.24) is 5.32 Å². The van der Waals surface area contributed by atoms with Crippen molar-refractivity contribution in [2.45, 2.75) is 25.3 Å². The van der Waals surface area contributed by atoms with Gasteiger partial charge in [-0.3, -0.25) is 0 Å². The summed E-state index contributed by atoms with van der Waals surface area (Å²) in [4.78, 5) is 10.8. The van der Waals surface area contributed by atoms with Gasteiger partial charge in [-0.2, -0.15) is 0 Å². The monoisotopic (exact) mass is 257 g/mol. The molecule has 0 bridgehead atoms. The van der Waals surface area contributed by atoms with Gasteiger partial charge >= 0.3 is 5.97 Å². The Kier molecular flexibility index (Phi) is 4.78. The average molecular weight is 258 g/mol. The highest BCUT2D eigenvalue weighted by atomic mass is 35.5. The zero-order valence-corrected chi connectivity index (χ0v) is 10.2. The predicted octanol–water partition coefficient (Wildman–Crippen LogP) is 1.81. The Balaban J connectivity index is 0.00000144. The molecule has 1 aromatic rings. The SMILES string of the molecule is Cl.O=C(O)c1cccc(CC2CCCN2)c1O. The minimum atomic E-state index is -1.08. The van der Waals surface area contributed by atoms with Crippen LogP contribution in [0.2, 0.25) is 0 Å². The molecule has 1 aliphatic rings. The summed E-state index contributed by atoms with van der Waals surface area (Å²) in [6.45, 7) is 1.00. The highest BCUT2D eigenvalue weighted by molar-refractivity contribution is 5.91. The molecular weight excluding hydrogens is 242 g/mol. The lowest BCUT2D eigenvalue weighted by Gasteiger charge is -2.12. The van der Waals surface area contributed by atoms with Crippen molar-refractivity contribution in [3.05, 3.63) is 29.3 Å². The number of aromatic carboxylic acids is 1. The lowest BCUT2D eigenvalue weighted by atomic mass is 10.0. The summed E-state index contributed by atoms with van der Waals surface area (Å²) in [7, 11) is 0. The maximum absolute atomic E-state index is 10.8. The standard InChI is InChI=1S/C12H15NO3.ClH/c14-11-8(7-9-4-2-6-13-9)3-1-5-10(11)12(15)16;/h1,3,5,9,13-14H,2,4,6-7H2,(H,15,16);1H. The fraction of sp³-hybridized carbons (Fsp3) is 0.417. The molecule has 5 heteroatoms. The van der Waals surface area contributed by atoms with E-state index in [4.69, 9.17) is 5.11 Å². The number of para-hydroxylation sites is 1. The number of nitrogens with one attached hydrogen (secondary N) is 1. The molecule has 1 aromatic carbocycles. The molecule has 4 nitrogen and oxygen atoms in total. The molecule has 17 heavy (non-hydrogen) atoms. The third-order valence-electron chi connectivity index (χ3n) is 2.98. The Morgan fingerprint density at radius 3 is 2.82 bits per heavy atom. The second kappa shape index (κ2) is 5.89. The van der Waals surface area contributed by atoms with Gasteiger partial charge in [-0.25, -0.2) is 4.79 Å². The van der Waals surface area contributed by atoms with E-state index >= 15 is 0 Å². The van der Waals surface area contributed by atoms with Crippen LogP contribution >= 0.6 is 12.4 Å². The molecule has 1 saturated heterocycles. The molecule has 0 aromatic heterocycles. The first kappa shape index (κ1) is 13.8. The molecule has 3 N–H and O–H groups in total. The Labute approximate surface area is 106 Å². The fourth-order valence-electron chi connectivity index (χ4n) is 2.13. The Hall–Kier alpha value is -1.26. The number of hydrogen-bond donors (Lipinski definition) is 3. The van der Waals surface area contributed by atoms with E-state index in [1.54, 1.807) is 12.1 Å². The van der Waals surface area contributed by atoms with Crippen molar-refractivity contribution in [1.29, 1.82) is 0 Å². The largest absolute Gasteiger partial charge is 0.507 e. The number of carboxylic acids is 1. The van der Waals surface area contributed by atoms with Crippen molar-refractivity contribution in [3.63, 3.8) is 0 Å². The van der Waals surface area contributed by atoms with Gasteiger partial charge in [0, 0.05) is 6.04 Å². The third kappa shape index (κ3) is 3.11. The summed E-state index contributed by atoms with van der Waals surface area (Å²) in [5.41, 5.74) is 0.690. The number of carboxylic acid groups (broad SMARTS) is 1. The summed E-state index contributed by atoms with van der Waals surface area (Å²) < 4.78 is 0. The Morgan fingerprint density at radius 1 is 1.47 bits per heavy atom. The topological polar surface area (TPSA) is 69.6 Å². The minimum absolute atomic E-state index is 0. The molecule has 1 heterocycles. The molecule has 0 spiro atoms. The van der Waals surface area contributed by atoms with Gasteiger partial charge in [0.2, 0.25) is 0 Å². The van der Waals surface area contributed by atoms with E-state index in [2.05, 4.69) is 5.32 Å². The molecule has 0 radical (unpaired) electrons. The molecule has 94 valence electrons. The highest BCUT2D eigenvalue weighted by Gasteiger charge is 2.18. The maximum atomic E-state index is 10.8. The minimum Gasteiger partial charge on any atom is -0.507 e. The number of rotatable bonds is 3. The van der Waals surface area contributed by atoms with Gasteiger partial charge in [0.05, 0.1) is 0 Å². The van der Waals surface area contributed by atoms with Crippen LogP contribution in [-0.4, -0.2) is 28.8 Å². The molecule has 1 aliphatic heterocycles. The molecule has 0 saturated carbocycles. The third-order valence-corrected chi connectivity index (χ3v) is 2.98. The molecule has 1 unspecified atom stereocenters. The summed E-state index contributed by atoms with van der Waals surface area (Å²) in [6, 6.07) is 5.23. The molecule has 2 rings (SSSR count). The van der Waals surface area contributed by atoms with Crippen LogP contribution in [0.1, 0.15) is 28.8 Å². The lowest BCUT2D eigenvalue weighted by Crippen LogP contribution is -2.23. The van der Waals surface area contributed by atoms with Gasteiger partial charge in [0.15, 0.2) is 0 Å².